The number of aryl methyl sites for hydroxylation is 1. The monoisotopic (exact) mass is 348 g/mol. The summed E-state index contributed by atoms with van der Waals surface area (Å²) in [6, 6.07) is 9.70. The average molecular weight is 348 g/mol. The van der Waals surface area contributed by atoms with Gasteiger partial charge in [0.2, 0.25) is 0 Å². The molecule has 4 nitrogen and oxygen atoms in total. The van der Waals surface area contributed by atoms with Crippen LogP contribution in [-0.4, -0.2) is 13.5 Å². The summed E-state index contributed by atoms with van der Waals surface area (Å²) in [5.41, 5.74) is 2.33. The maximum Gasteiger partial charge on any atom is 0.339 e. The fourth-order valence-corrected chi connectivity index (χ4v) is 3.37. The Morgan fingerprint density at radius 1 is 0.917 bits per heavy atom. The number of aromatic hydroxyl groups is 1. The number of hydrogen-bond donors (Lipinski definition) is 1. The van der Waals surface area contributed by atoms with Gasteiger partial charge in [0.25, 0.3) is 0 Å². The van der Waals surface area contributed by atoms with Gasteiger partial charge < -0.3 is 9.29 Å². The van der Waals surface area contributed by atoms with Gasteiger partial charge in [0.1, 0.15) is 16.4 Å². The molecule has 2 rings (SSSR count). The summed E-state index contributed by atoms with van der Waals surface area (Å²) >= 11 is 0. The molecule has 0 aliphatic carbocycles. The van der Waals surface area contributed by atoms with Crippen LogP contribution in [0.15, 0.2) is 41.3 Å². The van der Waals surface area contributed by atoms with Crippen molar-refractivity contribution in [3.05, 3.63) is 53.1 Å². The van der Waals surface area contributed by atoms with Crippen molar-refractivity contribution in [2.24, 2.45) is 0 Å². The Morgan fingerprint density at radius 2 is 1.38 bits per heavy atom. The van der Waals surface area contributed by atoms with Gasteiger partial charge in [0, 0.05) is 11.1 Å². The first-order valence-corrected chi connectivity index (χ1v) is 9.40. The van der Waals surface area contributed by atoms with Gasteiger partial charge in [-0.2, -0.15) is 8.42 Å². The van der Waals surface area contributed by atoms with Crippen LogP contribution in [0.4, 0.5) is 0 Å². The minimum absolute atomic E-state index is 0.0492. The van der Waals surface area contributed by atoms with Crippen LogP contribution in [0.3, 0.4) is 0 Å². The highest BCUT2D eigenvalue weighted by Crippen LogP contribution is 2.37. The lowest BCUT2D eigenvalue weighted by molar-refractivity contribution is 0.448. The van der Waals surface area contributed by atoms with Crippen molar-refractivity contribution in [1.29, 1.82) is 0 Å². The molecule has 0 radical (unpaired) electrons. The molecule has 24 heavy (non-hydrogen) atoms. The molecule has 0 saturated carbocycles. The van der Waals surface area contributed by atoms with Crippen LogP contribution in [0, 0.1) is 6.92 Å². The van der Waals surface area contributed by atoms with Gasteiger partial charge in [0.05, 0.1) is 0 Å². The molecule has 0 aromatic heterocycles. The summed E-state index contributed by atoms with van der Waals surface area (Å²) in [6.45, 7) is 9.66. The highest BCUT2D eigenvalue weighted by Gasteiger charge is 2.21. The van der Waals surface area contributed by atoms with Crippen molar-refractivity contribution < 1.29 is 17.7 Å². The summed E-state index contributed by atoms with van der Waals surface area (Å²) in [6.07, 6.45) is 0. The number of rotatable bonds is 5. The van der Waals surface area contributed by atoms with Crippen LogP contribution >= 0.6 is 0 Å². The molecule has 0 aliphatic heterocycles. The molecule has 5 heteroatoms. The normalized spacial score (nSPS) is 12.0. The molecule has 0 unspecified atom stereocenters. The van der Waals surface area contributed by atoms with Crippen LogP contribution in [0.2, 0.25) is 0 Å². The fraction of sp³-hybridized carbons (Fsp3) is 0.368. The first kappa shape index (κ1) is 18.3. The second-order valence-electron chi connectivity index (χ2n) is 6.61. The van der Waals surface area contributed by atoms with E-state index in [9.17, 15) is 13.5 Å². The predicted octanol–water partition coefficient (Wildman–Crippen LogP) is 4.72. The second kappa shape index (κ2) is 6.85. The van der Waals surface area contributed by atoms with Crippen molar-refractivity contribution in [2.75, 3.05) is 0 Å². The molecule has 2 aromatic carbocycles. The summed E-state index contributed by atoms with van der Waals surface area (Å²) in [5.74, 6) is 0.530. The van der Waals surface area contributed by atoms with Crippen LogP contribution in [-0.2, 0) is 10.1 Å². The number of phenolic OH excluding ortho intramolecular Hbond substituents is 1. The van der Waals surface area contributed by atoms with E-state index in [0.29, 0.717) is 11.1 Å². The largest absolute Gasteiger partial charge is 0.507 e. The Labute approximate surface area is 144 Å². The summed E-state index contributed by atoms with van der Waals surface area (Å²) in [7, 11) is -3.91. The molecule has 0 saturated heterocycles. The SMILES string of the molecule is Cc1ccc(S(=O)(=O)Oc2cc(C(C)C)c(O)c(C(C)C)c2)cc1. The van der Waals surface area contributed by atoms with Crippen LogP contribution in [0.1, 0.15) is 56.2 Å². The summed E-state index contributed by atoms with van der Waals surface area (Å²) in [5, 5.41) is 10.4. The average Bonchev–Trinajstić information content (AvgIpc) is 2.48. The van der Waals surface area contributed by atoms with Gasteiger partial charge in [-0.15, -0.1) is 0 Å². The molecular weight excluding hydrogens is 324 g/mol. The lowest BCUT2D eigenvalue weighted by atomic mass is 9.93. The van der Waals surface area contributed by atoms with Gasteiger partial charge in [0.15, 0.2) is 0 Å². The third-order valence-electron chi connectivity index (χ3n) is 3.90. The second-order valence-corrected chi connectivity index (χ2v) is 8.16. The predicted molar refractivity (Wildman–Crippen MR) is 95.3 cm³/mol. The lowest BCUT2D eigenvalue weighted by Crippen LogP contribution is -2.10. The number of benzene rings is 2. The smallest absolute Gasteiger partial charge is 0.339 e. The highest BCUT2D eigenvalue weighted by atomic mass is 32.2. The molecule has 1 N–H and O–H groups in total. The Morgan fingerprint density at radius 3 is 1.79 bits per heavy atom. The number of phenols is 1. The standard InChI is InChI=1S/C19H24O4S/c1-12(2)17-10-15(11-18(13(3)4)19(17)20)23-24(21,22)16-8-6-14(5)7-9-16/h6-13,20H,1-5H3. The minimum Gasteiger partial charge on any atom is -0.507 e. The van der Waals surface area contributed by atoms with E-state index in [4.69, 9.17) is 4.18 Å². The molecule has 0 bridgehead atoms. The number of hydrogen-bond acceptors (Lipinski definition) is 4. The Bertz CT molecular complexity index is 790. The molecule has 0 heterocycles. The van der Waals surface area contributed by atoms with Gasteiger partial charge in [-0.3, -0.25) is 0 Å². The van der Waals surface area contributed by atoms with Crippen molar-refractivity contribution in [3.63, 3.8) is 0 Å². The van der Waals surface area contributed by atoms with E-state index in [0.717, 1.165) is 5.56 Å². The maximum atomic E-state index is 12.5. The first-order chi connectivity index (χ1) is 11.1. The zero-order valence-corrected chi connectivity index (χ0v) is 15.5. The quantitative estimate of drug-likeness (QED) is 0.795. The minimum atomic E-state index is -3.91. The Balaban J connectivity index is 2.47. The van der Waals surface area contributed by atoms with Crippen molar-refractivity contribution in [3.8, 4) is 11.5 Å². The maximum absolute atomic E-state index is 12.5. The molecule has 130 valence electrons. The van der Waals surface area contributed by atoms with Crippen molar-refractivity contribution >= 4 is 10.1 Å². The van der Waals surface area contributed by atoms with Gasteiger partial charge >= 0.3 is 10.1 Å². The van der Waals surface area contributed by atoms with E-state index < -0.39 is 10.1 Å². The van der Waals surface area contributed by atoms with E-state index in [-0.39, 0.29) is 28.2 Å². The Hall–Kier alpha value is -2.01. The molecular formula is C19H24O4S. The van der Waals surface area contributed by atoms with Crippen LogP contribution < -0.4 is 4.18 Å². The topological polar surface area (TPSA) is 63.6 Å². The first-order valence-electron chi connectivity index (χ1n) is 7.99. The summed E-state index contributed by atoms with van der Waals surface area (Å²) < 4.78 is 30.3. The van der Waals surface area contributed by atoms with E-state index in [1.165, 1.54) is 12.1 Å². The molecule has 0 fully saturated rings. The van der Waals surface area contributed by atoms with Gasteiger partial charge in [-0.25, -0.2) is 0 Å². The molecule has 2 aromatic rings. The molecule has 0 amide bonds. The van der Waals surface area contributed by atoms with E-state index >= 15 is 0 Å². The van der Waals surface area contributed by atoms with Crippen molar-refractivity contribution in [2.45, 2.75) is 51.3 Å². The lowest BCUT2D eigenvalue weighted by Gasteiger charge is -2.17. The molecule has 0 atom stereocenters. The highest BCUT2D eigenvalue weighted by molar-refractivity contribution is 7.87. The zero-order chi connectivity index (χ0) is 18.1. The van der Waals surface area contributed by atoms with Gasteiger partial charge in [-0.1, -0.05) is 45.4 Å². The Kier molecular flexibility index (Phi) is 5.23. The summed E-state index contributed by atoms with van der Waals surface area (Å²) in [4.78, 5) is 0.110. The van der Waals surface area contributed by atoms with Crippen LogP contribution in [0.5, 0.6) is 11.5 Å². The van der Waals surface area contributed by atoms with Crippen molar-refractivity contribution in [1.82, 2.24) is 0 Å². The van der Waals surface area contributed by atoms with Gasteiger partial charge in [-0.05, 0) is 43.0 Å². The third-order valence-corrected chi connectivity index (χ3v) is 5.16. The molecule has 0 spiro atoms. The van der Waals surface area contributed by atoms with E-state index in [1.54, 1.807) is 24.3 Å². The van der Waals surface area contributed by atoms with E-state index in [1.807, 2.05) is 34.6 Å². The molecule has 0 aliphatic rings. The van der Waals surface area contributed by atoms with E-state index in [2.05, 4.69) is 0 Å². The fourth-order valence-electron chi connectivity index (χ4n) is 2.46. The zero-order valence-electron chi connectivity index (χ0n) is 14.7. The van der Waals surface area contributed by atoms with Crippen LogP contribution in [0.25, 0.3) is 0 Å². The third kappa shape index (κ3) is 3.90.